The van der Waals surface area contributed by atoms with Crippen molar-refractivity contribution in [3.63, 3.8) is 0 Å². The molecule has 5 heteroatoms. The number of rotatable bonds is 5. The summed E-state index contributed by atoms with van der Waals surface area (Å²) in [7, 11) is 5.86. The topological polar surface area (TPSA) is 50.2 Å². The number of likely N-dealkylation sites (N-methyl/N-ethyl adjacent to an activating group) is 1. The smallest absolute Gasteiger partial charge is 0.261 e. The fourth-order valence-electron chi connectivity index (χ4n) is 2.22. The Morgan fingerprint density at radius 3 is 2.75 bits per heavy atom. The molecule has 1 atom stereocenters. The Morgan fingerprint density at radius 2 is 2.05 bits per heavy atom. The molecule has 0 bridgehead atoms. The maximum atomic E-state index is 12.3. The number of nitrogens with zero attached hydrogens (tertiary/aromatic N) is 3. The van der Waals surface area contributed by atoms with E-state index >= 15 is 0 Å². The van der Waals surface area contributed by atoms with Crippen molar-refractivity contribution in [2.24, 2.45) is 7.05 Å². The number of hydrogen-bond acceptors (Lipinski definition) is 4. The second kappa shape index (κ2) is 6.15. The first-order valence-electron chi connectivity index (χ1n) is 6.84. The van der Waals surface area contributed by atoms with Crippen LogP contribution in [0.25, 0.3) is 10.9 Å². The molecule has 0 saturated heterocycles. The molecule has 5 nitrogen and oxygen atoms in total. The highest BCUT2D eigenvalue weighted by Crippen LogP contribution is 2.12. The van der Waals surface area contributed by atoms with Gasteiger partial charge in [0.05, 0.1) is 16.9 Å². The van der Waals surface area contributed by atoms with Gasteiger partial charge >= 0.3 is 0 Å². The van der Waals surface area contributed by atoms with E-state index in [-0.39, 0.29) is 11.6 Å². The van der Waals surface area contributed by atoms with Gasteiger partial charge in [-0.05, 0) is 33.2 Å². The number of benzene rings is 1. The lowest BCUT2D eigenvalue weighted by atomic mass is 10.2. The first-order chi connectivity index (χ1) is 9.50. The van der Waals surface area contributed by atoms with Gasteiger partial charge in [-0.2, -0.15) is 0 Å². The summed E-state index contributed by atoms with van der Waals surface area (Å²) >= 11 is 0. The van der Waals surface area contributed by atoms with Crippen molar-refractivity contribution < 1.29 is 0 Å². The summed E-state index contributed by atoms with van der Waals surface area (Å²) in [6.45, 7) is 3.84. The van der Waals surface area contributed by atoms with Crippen molar-refractivity contribution >= 4 is 10.9 Å². The number of para-hydroxylation sites is 1. The molecular formula is C15H22N4O. The maximum Gasteiger partial charge on any atom is 0.261 e. The third-order valence-corrected chi connectivity index (χ3v) is 3.41. The van der Waals surface area contributed by atoms with E-state index in [0.29, 0.717) is 5.39 Å². The van der Waals surface area contributed by atoms with Crippen LogP contribution in [0.3, 0.4) is 0 Å². The molecule has 1 N–H and O–H groups in total. The third-order valence-electron chi connectivity index (χ3n) is 3.41. The van der Waals surface area contributed by atoms with Crippen molar-refractivity contribution in [3.8, 4) is 0 Å². The molecule has 20 heavy (non-hydrogen) atoms. The number of aromatic nitrogens is 2. The van der Waals surface area contributed by atoms with Crippen LogP contribution in [0, 0.1) is 0 Å². The van der Waals surface area contributed by atoms with E-state index < -0.39 is 0 Å². The van der Waals surface area contributed by atoms with E-state index in [1.54, 1.807) is 11.6 Å². The Kier molecular flexibility index (Phi) is 4.52. The van der Waals surface area contributed by atoms with Gasteiger partial charge in [0.25, 0.3) is 5.56 Å². The van der Waals surface area contributed by atoms with Crippen LogP contribution in [0.4, 0.5) is 0 Å². The molecule has 0 amide bonds. The standard InChI is InChI=1S/C15H22N4O/c1-11(16-9-10-18(2)3)14-17-13-8-6-5-7-12(13)15(20)19(14)4/h5-8,11,16H,9-10H2,1-4H3/t11-/m0/s1. The van der Waals surface area contributed by atoms with Crippen molar-refractivity contribution in [1.82, 2.24) is 19.8 Å². The molecule has 0 fully saturated rings. The monoisotopic (exact) mass is 274 g/mol. The molecular weight excluding hydrogens is 252 g/mol. The fourth-order valence-corrected chi connectivity index (χ4v) is 2.22. The number of nitrogens with one attached hydrogen (secondary N) is 1. The average molecular weight is 274 g/mol. The highest BCUT2D eigenvalue weighted by Gasteiger charge is 2.13. The van der Waals surface area contributed by atoms with E-state index in [2.05, 4.69) is 15.2 Å². The normalized spacial score (nSPS) is 13.1. The molecule has 0 unspecified atom stereocenters. The summed E-state index contributed by atoms with van der Waals surface area (Å²) in [5.74, 6) is 0.771. The van der Waals surface area contributed by atoms with Gasteiger partial charge in [-0.1, -0.05) is 12.1 Å². The average Bonchev–Trinajstić information content (AvgIpc) is 2.42. The molecule has 2 aromatic rings. The molecule has 0 aliphatic heterocycles. The SMILES string of the molecule is C[C@H](NCCN(C)C)c1nc2ccccc2c(=O)n1C. The Hall–Kier alpha value is -1.72. The molecule has 0 radical (unpaired) electrons. The lowest BCUT2D eigenvalue weighted by Crippen LogP contribution is -2.33. The molecule has 1 heterocycles. The second-order valence-corrected chi connectivity index (χ2v) is 5.33. The van der Waals surface area contributed by atoms with E-state index in [1.807, 2.05) is 45.3 Å². The second-order valence-electron chi connectivity index (χ2n) is 5.33. The molecule has 0 aliphatic carbocycles. The Morgan fingerprint density at radius 1 is 1.35 bits per heavy atom. The minimum absolute atomic E-state index is 0.00635. The van der Waals surface area contributed by atoms with E-state index in [9.17, 15) is 4.79 Å². The predicted molar refractivity (Wildman–Crippen MR) is 82.0 cm³/mol. The van der Waals surface area contributed by atoms with Gasteiger partial charge in [0.2, 0.25) is 0 Å². The lowest BCUT2D eigenvalue weighted by molar-refractivity contribution is 0.384. The summed E-state index contributed by atoms with van der Waals surface area (Å²) in [5.41, 5.74) is 0.763. The van der Waals surface area contributed by atoms with Gasteiger partial charge in [0.15, 0.2) is 0 Å². The largest absolute Gasteiger partial charge is 0.308 e. The van der Waals surface area contributed by atoms with E-state index in [4.69, 9.17) is 0 Å². The first-order valence-corrected chi connectivity index (χ1v) is 6.84. The highest BCUT2D eigenvalue weighted by atomic mass is 16.1. The Labute approximate surface area is 119 Å². The zero-order chi connectivity index (χ0) is 14.7. The van der Waals surface area contributed by atoms with Crippen LogP contribution in [0.15, 0.2) is 29.1 Å². The lowest BCUT2D eigenvalue weighted by Gasteiger charge is -2.18. The van der Waals surface area contributed by atoms with Crippen molar-refractivity contribution in [2.45, 2.75) is 13.0 Å². The zero-order valence-corrected chi connectivity index (χ0v) is 12.6. The van der Waals surface area contributed by atoms with Crippen LogP contribution in [-0.4, -0.2) is 41.6 Å². The van der Waals surface area contributed by atoms with Gasteiger partial charge in [0.1, 0.15) is 5.82 Å². The fraction of sp³-hybridized carbons (Fsp3) is 0.467. The summed E-state index contributed by atoms with van der Waals surface area (Å²) in [6.07, 6.45) is 0. The van der Waals surface area contributed by atoms with Gasteiger partial charge in [0, 0.05) is 20.1 Å². The molecule has 0 spiro atoms. The van der Waals surface area contributed by atoms with Gasteiger partial charge in [-0.3, -0.25) is 9.36 Å². The van der Waals surface area contributed by atoms with Gasteiger partial charge in [-0.15, -0.1) is 0 Å². The molecule has 1 aromatic heterocycles. The summed E-state index contributed by atoms with van der Waals surface area (Å²) in [4.78, 5) is 19.1. The van der Waals surface area contributed by atoms with Crippen LogP contribution < -0.4 is 10.9 Å². The summed E-state index contributed by atoms with van der Waals surface area (Å²) < 4.78 is 1.63. The third kappa shape index (κ3) is 3.05. The Balaban J connectivity index is 2.30. The van der Waals surface area contributed by atoms with Gasteiger partial charge < -0.3 is 10.2 Å². The summed E-state index contributed by atoms with van der Waals surface area (Å²) in [6, 6.07) is 7.51. The molecule has 0 aliphatic rings. The molecule has 108 valence electrons. The van der Waals surface area contributed by atoms with Crippen molar-refractivity contribution in [2.75, 3.05) is 27.2 Å². The van der Waals surface area contributed by atoms with Crippen LogP contribution in [0.5, 0.6) is 0 Å². The van der Waals surface area contributed by atoms with Gasteiger partial charge in [-0.25, -0.2) is 4.98 Å². The quantitative estimate of drug-likeness (QED) is 0.888. The highest BCUT2D eigenvalue weighted by molar-refractivity contribution is 5.77. The van der Waals surface area contributed by atoms with Crippen LogP contribution in [0.1, 0.15) is 18.8 Å². The van der Waals surface area contributed by atoms with Crippen LogP contribution in [-0.2, 0) is 7.05 Å². The number of fused-ring (bicyclic) bond motifs is 1. The molecule has 1 aromatic carbocycles. The van der Waals surface area contributed by atoms with Crippen LogP contribution >= 0.6 is 0 Å². The van der Waals surface area contributed by atoms with Crippen molar-refractivity contribution in [1.29, 1.82) is 0 Å². The van der Waals surface area contributed by atoms with E-state index in [1.165, 1.54) is 0 Å². The minimum atomic E-state index is 0.00635. The van der Waals surface area contributed by atoms with Crippen molar-refractivity contribution in [3.05, 3.63) is 40.4 Å². The van der Waals surface area contributed by atoms with Crippen LogP contribution in [0.2, 0.25) is 0 Å². The molecule has 2 rings (SSSR count). The Bertz CT molecular complexity index is 648. The predicted octanol–water partition coefficient (Wildman–Crippen LogP) is 1.15. The zero-order valence-electron chi connectivity index (χ0n) is 12.6. The minimum Gasteiger partial charge on any atom is -0.308 e. The first kappa shape index (κ1) is 14.7. The molecule has 0 saturated carbocycles. The maximum absolute atomic E-state index is 12.3. The number of hydrogen-bond donors (Lipinski definition) is 1. The summed E-state index contributed by atoms with van der Waals surface area (Å²) in [5, 5.41) is 4.07. The van der Waals surface area contributed by atoms with E-state index in [0.717, 1.165) is 24.4 Å².